The summed E-state index contributed by atoms with van der Waals surface area (Å²) in [5, 5.41) is -2.86. The van der Waals surface area contributed by atoms with E-state index in [1.165, 1.54) is 6.92 Å². The number of ether oxygens (including phenoxy) is 2. The molecule has 0 saturated carbocycles. The van der Waals surface area contributed by atoms with Crippen LogP contribution in [-0.2, 0) is 9.47 Å². The van der Waals surface area contributed by atoms with Crippen LogP contribution >= 0.6 is 34.8 Å². The smallest absolute Gasteiger partial charge is 0.406 e. The Morgan fingerprint density at radius 2 is 2.00 bits per heavy atom. The largest absolute Gasteiger partial charge is 0.512 e. The van der Waals surface area contributed by atoms with Gasteiger partial charge in [-0.05, 0) is 6.92 Å². The minimum Gasteiger partial charge on any atom is -0.406 e. The zero-order chi connectivity index (χ0) is 8.70. The highest BCUT2D eigenvalue weighted by molar-refractivity contribution is 6.38. The summed E-state index contributed by atoms with van der Waals surface area (Å²) in [5.74, 6) is -0.125. The van der Waals surface area contributed by atoms with E-state index in [2.05, 4.69) is 9.47 Å². The lowest BCUT2D eigenvalue weighted by molar-refractivity contribution is 0.112. The number of carbonyl (C=O) groups is 1. The van der Waals surface area contributed by atoms with Crippen LogP contribution in [0.2, 0.25) is 0 Å². The number of hydrogen-bond donors (Lipinski definition) is 0. The maximum atomic E-state index is 10.6. The maximum Gasteiger partial charge on any atom is 0.512 e. The molecule has 1 fully saturated rings. The number of halogens is 3. The van der Waals surface area contributed by atoms with Gasteiger partial charge in [-0.3, -0.25) is 0 Å². The average Bonchev–Trinajstić information content (AvgIpc) is 2.03. The van der Waals surface area contributed by atoms with E-state index in [4.69, 9.17) is 34.8 Å². The van der Waals surface area contributed by atoms with Crippen molar-refractivity contribution in [3.8, 4) is 0 Å². The van der Waals surface area contributed by atoms with E-state index in [0.717, 1.165) is 0 Å². The lowest BCUT2D eigenvalue weighted by Gasteiger charge is -2.25. The first kappa shape index (κ1) is 9.23. The standard InChI is InChI=1S/C5H5Cl3O3/c1-4(7)5(8,2-6)11-3(9)10-4/h2H2,1H3. The van der Waals surface area contributed by atoms with E-state index >= 15 is 0 Å². The van der Waals surface area contributed by atoms with Crippen molar-refractivity contribution in [1.82, 2.24) is 0 Å². The van der Waals surface area contributed by atoms with Gasteiger partial charge >= 0.3 is 6.16 Å². The van der Waals surface area contributed by atoms with Crippen molar-refractivity contribution < 1.29 is 14.3 Å². The predicted molar refractivity (Wildman–Crippen MR) is 41.1 cm³/mol. The fourth-order valence-corrected chi connectivity index (χ4v) is 1.27. The van der Waals surface area contributed by atoms with E-state index in [1.54, 1.807) is 0 Å². The second-order valence-electron chi connectivity index (χ2n) is 2.23. The van der Waals surface area contributed by atoms with Gasteiger partial charge in [0.2, 0.25) is 5.06 Å². The maximum absolute atomic E-state index is 10.6. The Morgan fingerprint density at radius 3 is 2.18 bits per heavy atom. The summed E-state index contributed by atoms with van der Waals surface area (Å²) in [6.07, 6.45) is -0.904. The van der Waals surface area contributed by atoms with Crippen LogP contribution in [0.3, 0.4) is 0 Å². The molecule has 0 aromatic rings. The van der Waals surface area contributed by atoms with Crippen LogP contribution in [0, 0.1) is 0 Å². The number of hydrogen-bond acceptors (Lipinski definition) is 3. The highest BCUT2D eigenvalue weighted by Gasteiger charge is 2.58. The van der Waals surface area contributed by atoms with Crippen molar-refractivity contribution in [2.45, 2.75) is 17.0 Å². The van der Waals surface area contributed by atoms with Crippen molar-refractivity contribution in [3.63, 3.8) is 0 Å². The van der Waals surface area contributed by atoms with Gasteiger partial charge in [-0.25, -0.2) is 4.79 Å². The van der Waals surface area contributed by atoms with Gasteiger partial charge in [0.05, 0.1) is 5.88 Å². The number of alkyl halides is 3. The fourth-order valence-electron chi connectivity index (χ4n) is 0.623. The third-order valence-corrected chi connectivity index (χ3v) is 2.92. The van der Waals surface area contributed by atoms with E-state index < -0.39 is 16.3 Å². The summed E-state index contributed by atoms with van der Waals surface area (Å²) in [7, 11) is 0. The van der Waals surface area contributed by atoms with Gasteiger partial charge in [0.1, 0.15) is 0 Å². The third-order valence-electron chi connectivity index (χ3n) is 1.36. The highest BCUT2D eigenvalue weighted by Crippen LogP contribution is 2.43. The van der Waals surface area contributed by atoms with Crippen LogP contribution < -0.4 is 0 Å². The first-order valence-corrected chi connectivity index (χ1v) is 4.06. The minimum absolute atomic E-state index is 0.125. The average molecular weight is 219 g/mol. The Morgan fingerprint density at radius 1 is 1.45 bits per heavy atom. The molecule has 1 saturated heterocycles. The SMILES string of the molecule is CC1(Cl)OC(=O)OC1(Cl)CCl. The topological polar surface area (TPSA) is 35.5 Å². The zero-order valence-electron chi connectivity index (χ0n) is 5.57. The summed E-state index contributed by atoms with van der Waals surface area (Å²) >= 11 is 16.8. The van der Waals surface area contributed by atoms with E-state index in [9.17, 15) is 4.79 Å². The molecule has 0 radical (unpaired) electrons. The molecule has 1 aliphatic heterocycles. The molecule has 11 heavy (non-hydrogen) atoms. The van der Waals surface area contributed by atoms with Gasteiger partial charge in [-0.2, -0.15) is 0 Å². The predicted octanol–water partition coefficient (Wildman–Crippen LogP) is 2.28. The molecule has 0 N–H and O–H groups in total. The first-order chi connectivity index (χ1) is 4.91. The minimum atomic E-state index is -1.47. The van der Waals surface area contributed by atoms with Crippen molar-refractivity contribution in [1.29, 1.82) is 0 Å². The number of cyclic esters (lactones) is 2. The molecule has 6 heteroatoms. The fraction of sp³-hybridized carbons (Fsp3) is 0.800. The lowest BCUT2D eigenvalue weighted by atomic mass is 10.2. The molecule has 1 heterocycles. The normalized spacial score (nSPS) is 43.5. The Balaban J connectivity index is 2.89. The molecular weight excluding hydrogens is 214 g/mol. The van der Waals surface area contributed by atoms with Gasteiger partial charge < -0.3 is 9.47 Å². The molecule has 1 rings (SSSR count). The highest BCUT2D eigenvalue weighted by atomic mass is 35.5. The second-order valence-corrected chi connectivity index (χ2v) is 3.83. The third kappa shape index (κ3) is 1.37. The van der Waals surface area contributed by atoms with Crippen molar-refractivity contribution in [3.05, 3.63) is 0 Å². The molecule has 1 aliphatic rings. The van der Waals surface area contributed by atoms with Crippen LogP contribution in [0.5, 0.6) is 0 Å². The zero-order valence-corrected chi connectivity index (χ0v) is 7.83. The van der Waals surface area contributed by atoms with Crippen molar-refractivity contribution in [2.24, 2.45) is 0 Å². The quantitative estimate of drug-likeness (QED) is 0.501. The van der Waals surface area contributed by atoms with E-state index in [1.807, 2.05) is 0 Å². The second kappa shape index (κ2) is 2.57. The first-order valence-electron chi connectivity index (χ1n) is 2.77. The lowest BCUT2D eigenvalue weighted by Crippen LogP contribution is -2.41. The van der Waals surface area contributed by atoms with Crippen LogP contribution in [-0.4, -0.2) is 22.2 Å². The molecule has 0 amide bonds. The molecular formula is C5H5Cl3O3. The number of carbonyl (C=O) groups excluding carboxylic acids is 1. The molecule has 0 aromatic carbocycles. The molecule has 3 nitrogen and oxygen atoms in total. The summed E-state index contributed by atoms with van der Waals surface area (Å²) in [6.45, 7) is 1.41. The van der Waals surface area contributed by atoms with Crippen LogP contribution in [0.1, 0.15) is 6.92 Å². The monoisotopic (exact) mass is 218 g/mol. The number of rotatable bonds is 1. The van der Waals surface area contributed by atoms with Gasteiger partial charge in [0, 0.05) is 0 Å². The molecule has 0 spiro atoms. The molecule has 0 aromatic heterocycles. The van der Waals surface area contributed by atoms with Crippen molar-refractivity contribution >= 4 is 41.0 Å². The van der Waals surface area contributed by atoms with Gasteiger partial charge in [-0.15, -0.1) is 11.6 Å². The molecule has 64 valence electrons. The van der Waals surface area contributed by atoms with Gasteiger partial charge in [0.25, 0.3) is 5.06 Å². The van der Waals surface area contributed by atoms with E-state index in [-0.39, 0.29) is 5.88 Å². The van der Waals surface area contributed by atoms with Crippen LogP contribution in [0.15, 0.2) is 0 Å². The Hall–Kier alpha value is 0.140. The summed E-state index contributed by atoms with van der Waals surface area (Å²) in [6, 6.07) is 0. The molecule has 2 atom stereocenters. The van der Waals surface area contributed by atoms with E-state index in [0.29, 0.717) is 0 Å². The molecule has 0 bridgehead atoms. The summed E-state index contributed by atoms with van der Waals surface area (Å²) in [4.78, 5) is 10.6. The van der Waals surface area contributed by atoms with Crippen molar-refractivity contribution in [2.75, 3.05) is 5.88 Å². The molecule has 2 unspecified atom stereocenters. The summed E-state index contributed by atoms with van der Waals surface area (Å²) < 4.78 is 9.10. The Kier molecular flexibility index (Phi) is 2.16. The summed E-state index contributed by atoms with van der Waals surface area (Å²) in [5.41, 5.74) is 0. The van der Waals surface area contributed by atoms with Gasteiger partial charge in [-0.1, -0.05) is 23.2 Å². The Labute approximate surface area is 78.5 Å². The molecule has 0 aliphatic carbocycles. The van der Waals surface area contributed by atoms with Crippen LogP contribution in [0.25, 0.3) is 0 Å². The Bertz CT molecular complexity index is 193. The van der Waals surface area contributed by atoms with Crippen LogP contribution in [0.4, 0.5) is 4.79 Å². The van der Waals surface area contributed by atoms with Gasteiger partial charge in [0.15, 0.2) is 0 Å².